The highest BCUT2D eigenvalue weighted by atomic mass is 35.5. The van der Waals surface area contributed by atoms with E-state index in [1.165, 1.54) is 6.20 Å². The van der Waals surface area contributed by atoms with E-state index in [1.54, 1.807) is 12.1 Å². The fourth-order valence-electron chi connectivity index (χ4n) is 1.70. The minimum Gasteiger partial charge on any atom is -0.396 e. The molecule has 19 heavy (non-hydrogen) atoms. The molecule has 0 saturated heterocycles. The van der Waals surface area contributed by atoms with Gasteiger partial charge in [0.25, 0.3) is 0 Å². The van der Waals surface area contributed by atoms with E-state index in [9.17, 15) is 9.90 Å². The van der Waals surface area contributed by atoms with Crippen LogP contribution in [0.3, 0.4) is 0 Å². The molecule has 0 aliphatic heterocycles. The number of pyridine rings is 1. The van der Waals surface area contributed by atoms with Crippen LogP contribution in [0.2, 0.25) is 5.15 Å². The number of carbonyl (C=O) groups excluding carboxylic acids is 1. The van der Waals surface area contributed by atoms with Gasteiger partial charge in [-0.1, -0.05) is 25.4 Å². The van der Waals surface area contributed by atoms with Crippen LogP contribution in [0.25, 0.3) is 0 Å². The smallest absolute Gasteiger partial charge is 0.319 e. The molecule has 0 unspecified atom stereocenters. The lowest BCUT2D eigenvalue weighted by atomic mass is 9.83. The van der Waals surface area contributed by atoms with Crippen molar-refractivity contribution in [2.24, 2.45) is 5.41 Å². The number of hydrogen-bond acceptors (Lipinski definition) is 3. The Bertz CT molecular complexity index is 414. The van der Waals surface area contributed by atoms with Crippen LogP contribution < -0.4 is 10.6 Å². The van der Waals surface area contributed by atoms with Gasteiger partial charge in [0, 0.05) is 23.8 Å². The van der Waals surface area contributed by atoms with Gasteiger partial charge in [0.15, 0.2) is 0 Å². The SMILES string of the molecule is CCC(CC)(CO)CNC(=O)Nc1ccnc(Cl)c1. The molecule has 3 N–H and O–H groups in total. The number of amides is 2. The van der Waals surface area contributed by atoms with Gasteiger partial charge >= 0.3 is 6.03 Å². The monoisotopic (exact) mass is 285 g/mol. The van der Waals surface area contributed by atoms with Crippen molar-refractivity contribution in [3.8, 4) is 0 Å². The molecule has 1 rings (SSSR count). The summed E-state index contributed by atoms with van der Waals surface area (Å²) >= 11 is 5.73. The zero-order valence-corrected chi connectivity index (χ0v) is 12.0. The topological polar surface area (TPSA) is 74.2 Å². The van der Waals surface area contributed by atoms with Crippen molar-refractivity contribution in [3.05, 3.63) is 23.5 Å². The molecular formula is C13H20ClN3O2. The highest BCUT2D eigenvalue weighted by Gasteiger charge is 2.25. The van der Waals surface area contributed by atoms with Gasteiger partial charge in [-0.15, -0.1) is 0 Å². The number of aliphatic hydroxyl groups excluding tert-OH is 1. The maximum atomic E-state index is 11.8. The first-order valence-electron chi connectivity index (χ1n) is 6.32. The summed E-state index contributed by atoms with van der Waals surface area (Å²) in [6.45, 7) is 4.49. The van der Waals surface area contributed by atoms with Crippen LogP contribution in [0.5, 0.6) is 0 Å². The number of rotatable bonds is 6. The van der Waals surface area contributed by atoms with E-state index < -0.39 is 0 Å². The van der Waals surface area contributed by atoms with E-state index in [0.717, 1.165) is 12.8 Å². The Balaban J connectivity index is 2.52. The number of aromatic nitrogens is 1. The molecule has 0 bridgehead atoms. The third-order valence-electron chi connectivity index (χ3n) is 3.44. The summed E-state index contributed by atoms with van der Waals surface area (Å²) in [5.74, 6) is 0. The second-order valence-electron chi connectivity index (χ2n) is 4.54. The molecule has 0 radical (unpaired) electrons. The first-order valence-corrected chi connectivity index (χ1v) is 6.70. The normalized spacial score (nSPS) is 11.2. The number of nitrogens with one attached hydrogen (secondary N) is 2. The molecule has 2 amide bonds. The van der Waals surface area contributed by atoms with Crippen molar-refractivity contribution in [1.82, 2.24) is 10.3 Å². The van der Waals surface area contributed by atoms with Crippen LogP contribution in [0, 0.1) is 5.41 Å². The van der Waals surface area contributed by atoms with E-state index in [-0.39, 0.29) is 18.1 Å². The number of aliphatic hydroxyl groups is 1. The average Bonchev–Trinajstić information content (AvgIpc) is 2.41. The van der Waals surface area contributed by atoms with Crippen molar-refractivity contribution in [2.45, 2.75) is 26.7 Å². The summed E-state index contributed by atoms with van der Waals surface area (Å²) in [5.41, 5.74) is 0.327. The Kier molecular flexibility index (Phi) is 6.05. The third-order valence-corrected chi connectivity index (χ3v) is 3.65. The van der Waals surface area contributed by atoms with Crippen molar-refractivity contribution >= 4 is 23.3 Å². The van der Waals surface area contributed by atoms with Crippen molar-refractivity contribution in [2.75, 3.05) is 18.5 Å². The van der Waals surface area contributed by atoms with Crippen molar-refractivity contribution in [3.63, 3.8) is 0 Å². The standard InChI is InChI=1S/C13H20ClN3O2/c1-3-13(4-2,9-18)8-16-12(19)17-10-5-6-15-11(14)7-10/h5-7,18H,3-4,8-9H2,1-2H3,(H2,15,16,17,19). The van der Waals surface area contributed by atoms with E-state index in [4.69, 9.17) is 11.6 Å². The molecular weight excluding hydrogens is 266 g/mol. The highest BCUT2D eigenvalue weighted by molar-refractivity contribution is 6.29. The third kappa shape index (κ3) is 4.69. The van der Waals surface area contributed by atoms with Gasteiger partial charge in [-0.25, -0.2) is 9.78 Å². The molecule has 1 heterocycles. The highest BCUT2D eigenvalue weighted by Crippen LogP contribution is 2.24. The molecule has 1 aromatic heterocycles. The number of anilines is 1. The molecule has 0 spiro atoms. The van der Waals surface area contributed by atoms with Gasteiger partial charge in [0.05, 0.1) is 6.61 Å². The van der Waals surface area contributed by atoms with Gasteiger partial charge in [-0.2, -0.15) is 0 Å². The molecule has 0 atom stereocenters. The quantitative estimate of drug-likeness (QED) is 0.704. The first kappa shape index (κ1) is 15.7. The molecule has 5 nitrogen and oxygen atoms in total. The molecule has 0 saturated carbocycles. The maximum Gasteiger partial charge on any atom is 0.319 e. The van der Waals surface area contributed by atoms with E-state index >= 15 is 0 Å². The second kappa shape index (κ2) is 7.31. The minimum atomic E-state index is -0.318. The number of hydrogen-bond donors (Lipinski definition) is 3. The summed E-state index contributed by atoms with van der Waals surface area (Å²) in [6.07, 6.45) is 3.14. The molecule has 0 aliphatic rings. The molecule has 0 aliphatic carbocycles. The predicted molar refractivity (Wildman–Crippen MR) is 76.4 cm³/mol. The largest absolute Gasteiger partial charge is 0.396 e. The fourth-order valence-corrected chi connectivity index (χ4v) is 1.88. The van der Waals surface area contributed by atoms with Gasteiger partial charge in [-0.05, 0) is 25.0 Å². The van der Waals surface area contributed by atoms with Crippen LogP contribution in [-0.2, 0) is 0 Å². The number of carbonyl (C=O) groups is 1. The summed E-state index contributed by atoms with van der Waals surface area (Å²) in [6, 6.07) is 2.91. The van der Waals surface area contributed by atoms with E-state index in [0.29, 0.717) is 17.4 Å². The Morgan fingerprint density at radius 2 is 2.16 bits per heavy atom. The molecule has 6 heteroatoms. The Hall–Kier alpha value is -1.33. The lowest BCUT2D eigenvalue weighted by molar-refractivity contribution is 0.116. The number of urea groups is 1. The number of nitrogens with zero attached hydrogens (tertiary/aromatic N) is 1. The predicted octanol–water partition coefficient (Wildman–Crippen LogP) is 2.66. The van der Waals surface area contributed by atoms with Crippen LogP contribution >= 0.6 is 11.6 Å². The van der Waals surface area contributed by atoms with E-state index in [1.807, 2.05) is 13.8 Å². The van der Waals surface area contributed by atoms with Crippen LogP contribution in [-0.4, -0.2) is 29.3 Å². The Morgan fingerprint density at radius 1 is 1.47 bits per heavy atom. The van der Waals surface area contributed by atoms with Gasteiger partial charge in [-0.3, -0.25) is 0 Å². The Morgan fingerprint density at radius 3 is 2.68 bits per heavy atom. The summed E-state index contributed by atoms with van der Waals surface area (Å²) in [7, 11) is 0. The molecule has 0 fully saturated rings. The summed E-state index contributed by atoms with van der Waals surface area (Å²) < 4.78 is 0. The fraction of sp³-hybridized carbons (Fsp3) is 0.538. The summed E-state index contributed by atoms with van der Waals surface area (Å²) in [4.78, 5) is 15.6. The van der Waals surface area contributed by atoms with Gasteiger partial charge in [0.1, 0.15) is 5.15 Å². The van der Waals surface area contributed by atoms with Crippen LogP contribution in [0.15, 0.2) is 18.3 Å². The molecule has 0 aromatic carbocycles. The van der Waals surface area contributed by atoms with Crippen LogP contribution in [0.4, 0.5) is 10.5 Å². The average molecular weight is 286 g/mol. The number of halogens is 1. The maximum absolute atomic E-state index is 11.8. The van der Waals surface area contributed by atoms with Crippen LogP contribution in [0.1, 0.15) is 26.7 Å². The lowest BCUT2D eigenvalue weighted by Crippen LogP contribution is -2.41. The molecule has 1 aromatic rings. The lowest BCUT2D eigenvalue weighted by Gasteiger charge is -2.29. The zero-order chi connectivity index (χ0) is 14.3. The minimum absolute atomic E-state index is 0.0569. The first-order chi connectivity index (χ1) is 9.05. The van der Waals surface area contributed by atoms with Crippen molar-refractivity contribution < 1.29 is 9.90 Å². The van der Waals surface area contributed by atoms with Gasteiger partial charge < -0.3 is 15.7 Å². The van der Waals surface area contributed by atoms with E-state index in [2.05, 4.69) is 15.6 Å². The second-order valence-corrected chi connectivity index (χ2v) is 4.93. The zero-order valence-electron chi connectivity index (χ0n) is 11.2. The van der Waals surface area contributed by atoms with Crippen molar-refractivity contribution in [1.29, 1.82) is 0 Å². The molecule has 106 valence electrons. The Labute approximate surface area is 118 Å². The summed E-state index contributed by atoms with van der Waals surface area (Å²) in [5, 5.41) is 15.2. The van der Waals surface area contributed by atoms with Gasteiger partial charge in [0.2, 0.25) is 0 Å².